The molecule has 0 fully saturated rings. The highest BCUT2D eigenvalue weighted by Crippen LogP contribution is 2.27. The molecule has 0 saturated carbocycles. The smallest absolute Gasteiger partial charge is 0.480 e. The number of alkyl halides is 3. The van der Waals surface area contributed by atoms with Crippen LogP contribution in [0.4, 0.5) is 18.0 Å². The van der Waals surface area contributed by atoms with Crippen molar-refractivity contribution in [3.63, 3.8) is 0 Å². The van der Waals surface area contributed by atoms with Crippen LogP contribution in [0.3, 0.4) is 0 Å². The Hall–Kier alpha value is -2.50. The molecule has 0 aliphatic heterocycles. The average Bonchev–Trinajstić information content (AvgIpc) is 2.45. The molecule has 152 valence electrons. The summed E-state index contributed by atoms with van der Waals surface area (Å²) in [5.41, 5.74) is -6.11. The molecule has 1 aromatic rings. The van der Waals surface area contributed by atoms with Gasteiger partial charge in [-0.05, 0) is 38.5 Å². The van der Waals surface area contributed by atoms with Gasteiger partial charge in [-0.25, -0.2) is 9.59 Å². The van der Waals surface area contributed by atoms with E-state index in [4.69, 9.17) is 4.74 Å². The Morgan fingerprint density at radius 2 is 1.67 bits per heavy atom. The lowest BCUT2D eigenvalue weighted by molar-refractivity contribution is -0.139. The van der Waals surface area contributed by atoms with Gasteiger partial charge in [0, 0.05) is 6.42 Å². The van der Waals surface area contributed by atoms with Crippen molar-refractivity contribution in [3.05, 3.63) is 29.8 Å². The van der Waals surface area contributed by atoms with Crippen molar-refractivity contribution in [1.82, 2.24) is 5.32 Å². The van der Waals surface area contributed by atoms with Gasteiger partial charge in [0.2, 0.25) is 0 Å². The number of carbonyl (C=O) groups is 2. The van der Waals surface area contributed by atoms with Gasteiger partial charge in [-0.2, -0.15) is 21.6 Å². The number of halogens is 3. The molecule has 0 spiro atoms. The Morgan fingerprint density at radius 1 is 1.15 bits per heavy atom. The van der Waals surface area contributed by atoms with Crippen molar-refractivity contribution in [2.75, 3.05) is 0 Å². The van der Waals surface area contributed by atoms with E-state index in [0.29, 0.717) is 5.56 Å². The normalized spacial score (nSPS) is 13.6. The molecule has 2 N–H and O–H groups in total. The van der Waals surface area contributed by atoms with Crippen molar-refractivity contribution in [2.24, 2.45) is 0 Å². The van der Waals surface area contributed by atoms with Crippen LogP contribution in [0.25, 0.3) is 0 Å². The Balaban J connectivity index is 2.82. The van der Waals surface area contributed by atoms with Gasteiger partial charge in [0.05, 0.1) is 0 Å². The number of carboxylic acids is 1. The number of benzene rings is 1. The number of nitrogens with one attached hydrogen (secondary N) is 1. The van der Waals surface area contributed by atoms with E-state index in [-0.39, 0.29) is 6.42 Å². The number of hydrogen-bond donors (Lipinski definition) is 2. The van der Waals surface area contributed by atoms with Crippen LogP contribution in [0.2, 0.25) is 0 Å². The van der Waals surface area contributed by atoms with Crippen molar-refractivity contribution in [1.29, 1.82) is 0 Å². The maximum absolute atomic E-state index is 12.3. The molecule has 0 aliphatic carbocycles. The van der Waals surface area contributed by atoms with Gasteiger partial charge in [0.25, 0.3) is 0 Å². The molecule has 0 aromatic heterocycles. The zero-order valence-corrected chi connectivity index (χ0v) is 15.3. The summed E-state index contributed by atoms with van der Waals surface area (Å²) in [7, 11) is -5.80. The van der Waals surface area contributed by atoms with Crippen molar-refractivity contribution in [3.8, 4) is 5.75 Å². The van der Waals surface area contributed by atoms with E-state index in [9.17, 15) is 36.3 Å². The maximum Gasteiger partial charge on any atom is 0.534 e. The molecule has 0 radical (unpaired) electrons. The average molecular weight is 413 g/mol. The lowest BCUT2D eigenvalue weighted by atomic mass is 10.1. The fourth-order valence-electron chi connectivity index (χ4n) is 1.74. The minimum atomic E-state index is -5.80. The number of carboxylic acid groups (broad SMARTS) is 1. The van der Waals surface area contributed by atoms with Gasteiger partial charge >= 0.3 is 27.7 Å². The van der Waals surface area contributed by atoms with E-state index in [2.05, 4.69) is 9.50 Å². The molecule has 27 heavy (non-hydrogen) atoms. The van der Waals surface area contributed by atoms with E-state index >= 15 is 0 Å². The molecule has 8 nitrogen and oxygen atoms in total. The summed E-state index contributed by atoms with van der Waals surface area (Å²) in [6, 6.07) is 2.85. The summed E-state index contributed by atoms with van der Waals surface area (Å²) in [5.74, 6) is -1.95. The fourth-order valence-corrected chi connectivity index (χ4v) is 2.20. The number of ether oxygens (including phenoxy) is 1. The molecule has 0 saturated heterocycles. The van der Waals surface area contributed by atoms with E-state index < -0.39 is 45.1 Å². The van der Waals surface area contributed by atoms with Gasteiger partial charge in [-0.3, -0.25) is 0 Å². The Bertz CT molecular complexity index is 783. The lowest BCUT2D eigenvalue weighted by Crippen LogP contribution is -2.44. The van der Waals surface area contributed by atoms with Crippen LogP contribution in [0.5, 0.6) is 5.75 Å². The summed E-state index contributed by atoms with van der Waals surface area (Å²) in [6.07, 6.45) is -1.17. The maximum atomic E-state index is 12.3. The van der Waals surface area contributed by atoms with Crippen molar-refractivity contribution >= 4 is 22.2 Å². The Morgan fingerprint density at radius 3 is 2.07 bits per heavy atom. The third-order valence-corrected chi connectivity index (χ3v) is 3.82. The van der Waals surface area contributed by atoms with E-state index in [1.165, 1.54) is 12.1 Å². The summed E-state index contributed by atoms with van der Waals surface area (Å²) in [6.45, 7) is 4.78. The second kappa shape index (κ2) is 8.03. The van der Waals surface area contributed by atoms with Crippen LogP contribution >= 0.6 is 0 Å². The number of alkyl carbamates (subject to hydrolysis) is 1. The monoisotopic (exact) mass is 413 g/mol. The predicted molar refractivity (Wildman–Crippen MR) is 86.5 cm³/mol. The molecular weight excluding hydrogens is 395 g/mol. The number of carbonyl (C=O) groups excluding carboxylic acids is 1. The molecule has 1 unspecified atom stereocenters. The Labute approximate surface area is 153 Å². The number of aliphatic carboxylic acids is 1. The highest BCUT2D eigenvalue weighted by atomic mass is 32.2. The SMILES string of the molecule is CC(C)(C)OC(=O)NC(Cc1ccc(OS(=O)(=O)C(F)(F)F)cc1)C(=O)O. The van der Waals surface area contributed by atoms with Gasteiger partial charge < -0.3 is 19.3 Å². The second-order valence-electron chi connectivity index (χ2n) is 6.37. The Kier molecular flexibility index (Phi) is 6.70. The van der Waals surface area contributed by atoms with Crippen molar-refractivity contribution < 1.29 is 45.2 Å². The van der Waals surface area contributed by atoms with Gasteiger partial charge in [-0.1, -0.05) is 12.1 Å². The molecule has 1 rings (SSSR count). The first-order valence-electron chi connectivity index (χ1n) is 7.43. The number of hydrogen-bond acceptors (Lipinski definition) is 6. The largest absolute Gasteiger partial charge is 0.534 e. The first-order valence-corrected chi connectivity index (χ1v) is 8.83. The van der Waals surface area contributed by atoms with Crippen LogP contribution in [0.1, 0.15) is 26.3 Å². The predicted octanol–water partition coefficient (Wildman–Crippen LogP) is 2.44. The summed E-state index contributed by atoms with van der Waals surface area (Å²) < 4.78 is 67.5. The second-order valence-corrected chi connectivity index (χ2v) is 7.91. The summed E-state index contributed by atoms with van der Waals surface area (Å²) >= 11 is 0. The van der Waals surface area contributed by atoms with E-state index in [1.807, 2.05) is 0 Å². The highest BCUT2D eigenvalue weighted by Gasteiger charge is 2.48. The van der Waals surface area contributed by atoms with Crippen molar-refractivity contribution in [2.45, 2.75) is 44.3 Å². The van der Waals surface area contributed by atoms with Crippen LogP contribution in [-0.4, -0.2) is 42.7 Å². The van der Waals surface area contributed by atoms with Gasteiger partial charge in [0.15, 0.2) is 0 Å². The van der Waals surface area contributed by atoms with Crippen LogP contribution < -0.4 is 9.50 Å². The fraction of sp³-hybridized carbons (Fsp3) is 0.467. The molecule has 0 heterocycles. The van der Waals surface area contributed by atoms with Crippen LogP contribution in [0.15, 0.2) is 24.3 Å². The van der Waals surface area contributed by atoms with Crippen LogP contribution in [-0.2, 0) is 26.1 Å². The molecule has 1 atom stereocenters. The highest BCUT2D eigenvalue weighted by molar-refractivity contribution is 7.88. The van der Waals surface area contributed by atoms with Gasteiger partial charge in [0.1, 0.15) is 17.4 Å². The van der Waals surface area contributed by atoms with Crippen LogP contribution in [0, 0.1) is 0 Å². The third kappa shape index (κ3) is 7.33. The molecule has 1 amide bonds. The lowest BCUT2D eigenvalue weighted by Gasteiger charge is -2.22. The molecule has 0 bridgehead atoms. The summed E-state index contributed by atoms with van der Waals surface area (Å²) in [5, 5.41) is 11.3. The quantitative estimate of drug-likeness (QED) is 0.543. The number of rotatable bonds is 6. The minimum Gasteiger partial charge on any atom is -0.480 e. The zero-order chi connectivity index (χ0) is 21.0. The molecule has 0 aliphatic rings. The zero-order valence-electron chi connectivity index (χ0n) is 14.5. The minimum absolute atomic E-state index is 0.221. The first kappa shape index (κ1) is 22.5. The first-order chi connectivity index (χ1) is 12.1. The standard InChI is InChI=1S/C15H18F3NO7S/c1-14(2,3)25-13(22)19-11(12(20)21)8-9-4-6-10(7-5-9)26-27(23,24)15(16,17)18/h4-7,11H,8H2,1-3H3,(H,19,22)(H,20,21). The topological polar surface area (TPSA) is 119 Å². The summed E-state index contributed by atoms with van der Waals surface area (Å²) in [4.78, 5) is 22.9. The molecular formula is C15H18F3NO7S. The van der Waals surface area contributed by atoms with E-state index in [0.717, 1.165) is 12.1 Å². The molecule has 12 heteroatoms. The van der Waals surface area contributed by atoms with Gasteiger partial charge in [-0.15, -0.1) is 0 Å². The third-order valence-electron chi connectivity index (χ3n) is 2.84. The molecule has 1 aromatic carbocycles. The van der Waals surface area contributed by atoms with E-state index in [1.54, 1.807) is 20.8 Å². The number of amides is 1.